The Labute approximate surface area is 179 Å². The number of nitrogens with zero attached hydrogens (tertiary/aromatic N) is 3. The lowest BCUT2D eigenvalue weighted by Crippen LogP contribution is -2.56. The highest BCUT2D eigenvalue weighted by Crippen LogP contribution is 2.33. The van der Waals surface area contributed by atoms with Crippen LogP contribution in [-0.2, 0) is 16.0 Å². The summed E-state index contributed by atoms with van der Waals surface area (Å²) in [7, 11) is 0. The van der Waals surface area contributed by atoms with Crippen LogP contribution in [0.1, 0.15) is 25.8 Å². The molecule has 0 spiro atoms. The third kappa shape index (κ3) is 3.97. The number of ether oxygens (including phenoxy) is 1. The minimum atomic E-state index is -0.541. The molecule has 0 radical (unpaired) electrons. The molecule has 166 valence electrons. The van der Waals surface area contributed by atoms with Gasteiger partial charge >= 0.3 is 11.7 Å². The van der Waals surface area contributed by atoms with Gasteiger partial charge in [-0.25, -0.2) is 9.59 Å². The van der Waals surface area contributed by atoms with Crippen molar-refractivity contribution >= 4 is 28.7 Å². The first kappa shape index (κ1) is 21.2. The van der Waals surface area contributed by atoms with E-state index in [-0.39, 0.29) is 23.4 Å². The maximum absolute atomic E-state index is 13.4. The van der Waals surface area contributed by atoms with E-state index in [0.717, 1.165) is 12.0 Å². The molecule has 1 N–H and O–H groups in total. The third-order valence-electron chi connectivity index (χ3n) is 6.06. The fourth-order valence-electron chi connectivity index (χ4n) is 4.40. The van der Waals surface area contributed by atoms with Gasteiger partial charge in [0.25, 0.3) is 0 Å². The van der Waals surface area contributed by atoms with E-state index in [4.69, 9.17) is 9.15 Å². The maximum atomic E-state index is 13.4. The Kier molecular flexibility index (Phi) is 5.86. The molecular weight excluding hydrogens is 402 g/mol. The second-order valence-corrected chi connectivity index (χ2v) is 7.89. The van der Waals surface area contributed by atoms with Crippen LogP contribution in [0.5, 0.6) is 5.75 Å². The van der Waals surface area contributed by atoms with E-state index in [1.165, 1.54) is 11.0 Å². The van der Waals surface area contributed by atoms with Crippen LogP contribution in [0.25, 0.3) is 11.0 Å². The summed E-state index contributed by atoms with van der Waals surface area (Å²) in [6.07, 6.45) is 1.02. The average Bonchev–Trinajstić information content (AvgIpc) is 2.78. The number of phenolic OH excluding ortho intramolecular Hbond substituents is 1. The van der Waals surface area contributed by atoms with Crippen molar-refractivity contribution in [1.82, 2.24) is 9.80 Å². The fourth-order valence-corrected chi connectivity index (χ4v) is 4.40. The second-order valence-electron chi connectivity index (χ2n) is 7.89. The number of carbonyl (C=O) groups is 2. The zero-order valence-electron chi connectivity index (χ0n) is 17.8. The Morgan fingerprint density at radius 2 is 1.94 bits per heavy atom. The number of phenols is 1. The van der Waals surface area contributed by atoms with E-state index >= 15 is 0 Å². The Morgan fingerprint density at radius 1 is 1.19 bits per heavy atom. The molecule has 9 heteroatoms. The van der Waals surface area contributed by atoms with Crippen molar-refractivity contribution < 1.29 is 23.8 Å². The van der Waals surface area contributed by atoms with Crippen molar-refractivity contribution in [3.63, 3.8) is 0 Å². The van der Waals surface area contributed by atoms with Gasteiger partial charge in [-0.15, -0.1) is 0 Å². The Balaban J connectivity index is 1.56. The molecule has 31 heavy (non-hydrogen) atoms. The second kappa shape index (κ2) is 8.58. The van der Waals surface area contributed by atoms with Crippen molar-refractivity contribution in [2.75, 3.05) is 44.2 Å². The monoisotopic (exact) mass is 429 g/mol. The van der Waals surface area contributed by atoms with Crippen LogP contribution < -0.4 is 10.5 Å². The van der Waals surface area contributed by atoms with Crippen molar-refractivity contribution in [2.24, 2.45) is 0 Å². The molecule has 1 saturated heterocycles. The highest BCUT2D eigenvalue weighted by atomic mass is 16.6. The normalized spacial score (nSPS) is 18.0. The van der Waals surface area contributed by atoms with Crippen molar-refractivity contribution in [2.45, 2.75) is 32.7 Å². The number of aryl methyl sites for hydroxylation is 1. The molecule has 0 saturated carbocycles. The number of hydrogen-bond acceptors (Lipinski definition) is 7. The molecule has 0 aliphatic carbocycles. The smallest absolute Gasteiger partial charge is 0.409 e. The van der Waals surface area contributed by atoms with E-state index in [0.29, 0.717) is 56.7 Å². The van der Waals surface area contributed by atoms with Crippen LogP contribution in [0, 0.1) is 0 Å². The van der Waals surface area contributed by atoms with Crippen molar-refractivity contribution in [3.05, 3.63) is 34.2 Å². The lowest BCUT2D eigenvalue weighted by molar-refractivity contribution is -0.124. The average molecular weight is 429 g/mol. The van der Waals surface area contributed by atoms with Gasteiger partial charge in [0.2, 0.25) is 5.91 Å². The van der Waals surface area contributed by atoms with E-state index in [1.807, 2.05) is 11.8 Å². The third-order valence-corrected chi connectivity index (χ3v) is 6.06. The summed E-state index contributed by atoms with van der Waals surface area (Å²) in [5, 5.41) is 10.5. The summed E-state index contributed by atoms with van der Waals surface area (Å²) in [5.41, 5.74) is 0.868. The molecular formula is C22H27N3O6. The maximum Gasteiger partial charge on any atom is 0.409 e. The molecule has 3 heterocycles. The predicted molar refractivity (Wildman–Crippen MR) is 114 cm³/mol. The largest absolute Gasteiger partial charge is 0.508 e. The number of fused-ring (bicyclic) bond motifs is 3. The summed E-state index contributed by atoms with van der Waals surface area (Å²) >= 11 is 0. The number of piperazine rings is 1. The molecule has 4 rings (SSSR count). The predicted octanol–water partition coefficient (Wildman–Crippen LogP) is 1.94. The minimum Gasteiger partial charge on any atom is -0.508 e. The molecule has 2 aliphatic rings. The molecule has 1 atom stereocenters. The summed E-state index contributed by atoms with van der Waals surface area (Å²) in [6, 6.07) is 4.16. The number of rotatable bonds is 3. The van der Waals surface area contributed by atoms with E-state index in [9.17, 15) is 19.5 Å². The van der Waals surface area contributed by atoms with Crippen LogP contribution in [0.2, 0.25) is 0 Å². The molecule has 1 aromatic carbocycles. The number of carbonyl (C=O) groups excluding carboxylic acids is 2. The minimum absolute atomic E-state index is 0.0832. The zero-order chi connectivity index (χ0) is 22.1. The van der Waals surface area contributed by atoms with Crippen LogP contribution in [0.3, 0.4) is 0 Å². The topological polar surface area (TPSA) is 104 Å². The quantitative estimate of drug-likeness (QED) is 0.744. The summed E-state index contributed by atoms with van der Waals surface area (Å²) in [4.78, 5) is 43.2. The number of amides is 2. The van der Waals surface area contributed by atoms with Gasteiger partial charge in [-0.3, -0.25) is 9.69 Å². The molecule has 2 aliphatic heterocycles. The van der Waals surface area contributed by atoms with Crippen molar-refractivity contribution in [1.29, 1.82) is 0 Å². The molecule has 1 fully saturated rings. The highest BCUT2D eigenvalue weighted by molar-refractivity contribution is 6.00. The van der Waals surface area contributed by atoms with Crippen LogP contribution >= 0.6 is 0 Å². The SMILES string of the molecule is CCOC(=O)N1CCN(C(C)C(=O)N2CCCc3c2c(=O)oc2ccc(O)cc32)CC1. The zero-order valence-corrected chi connectivity index (χ0v) is 17.8. The number of anilines is 1. The first-order valence-corrected chi connectivity index (χ1v) is 10.7. The first-order valence-electron chi connectivity index (χ1n) is 10.7. The van der Waals surface area contributed by atoms with Gasteiger partial charge in [0, 0.05) is 38.1 Å². The van der Waals surface area contributed by atoms with Gasteiger partial charge < -0.3 is 24.1 Å². The molecule has 2 aromatic rings. The fraction of sp³-hybridized carbons (Fsp3) is 0.500. The lowest BCUT2D eigenvalue weighted by Gasteiger charge is -2.39. The number of aromatic hydroxyl groups is 1. The molecule has 2 amide bonds. The highest BCUT2D eigenvalue weighted by Gasteiger charge is 2.34. The Morgan fingerprint density at radius 3 is 2.65 bits per heavy atom. The van der Waals surface area contributed by atoms with Gasteiger partial charge in [-0.2, -0.15) is 0 Å². The number of benzene rings is 1. The van der Waals surface area contributed by atoms with Crippen LogP contribution in [0.15, 0.2) is 27.4 Å². The number of hydrogen-bond donors (Lipinski definition) is 1. The standard InChI is InChI=1S/C22H27N3O6/c1-3-30-22(29)24-11-9-23(10-12-24)14(2)20(27)25-8-4-5-16-17-13-15(26)6-7-18(17)31-21(28)19(16)25/h6-7,13-14,26H,3-5,8-12H2,1-2H3. The molecule has 9 nitrogen and oxygen atoms in total. The Hall–Kier alpha value is -3.07. The van der Waals surface area contributed by atoms with Gasteiger partial charge in [0.15, 0.2) is 0 Å². The van der Waals surface area contributed by atoms with Crippen LogP contribution in [0.4, 0.5) is 10.5 Å². The van der Waals surface area contributed by atoms with Crippen molar-refractivity contribution in [3.8, 4) is 5.75 Å². The molecule has 1 aromatic heterocycles. The van der Waals surface area contributed by atoms with Gasteiger partial charge in [0.1, 0.15) is 17.0 Å². The first-order chi connectivity index (χ1) is 14.9. The van der Waals surface area contributed by atoms with E-state index < -0.39 is 11.7 Å². The van der Waals surface area contributed by atoms with Gasteiger partial charge in [-0.05, 0) is 50.5 Å². The van der Waals surface area contributed by atoms with Gasteiger partial charge in [0.05, 0.1) is 12.6 Å². The summed E-state index contributed by atoms with van der Waals surface area (Å²) in [6.45, 7) is 6.43. The lowest BCUT2D eigenvalue weighted by atomic mass is 9.98. The van der Waals surface area contributed by atoms with Crippen LogP contribution in [-0.4, -0.2) is 72.3 Å². The Bertz CT molecular complexity index is 1060. The molecule has 1 unspecified atom stereocenters. The summed E-state index contributed by atoms with van der Waals surface area (Å²) in [5.74, 6) is -0.0859. The molecule has 0 bridgehead atoms. The summed E-state index contributed by atoms with van der Waals surface area (Å²) < 4.78 is 10.5. The van der Waals surface area contributed by atoms with Gasteiger partial charge in [-0.1, -0.05) is 0 Å². The van der Waals surface area contributed by atoms with E-state index in [2.05, 4.69) is 0 Å². The van der Waals surface area contributed by atoms with E-state index in [1.54, 1.807) is 24.0 Å².